The minimum Gasteiger partial charge on any atom is -0.352 e. The van der Waals surface area contributed by atoms with Crippen LogP contribution in [0.3, 0.4) is 0 Å². The van der Waals surface area contributed by atoms with Gasteiger partial charge in [0.2, 0.25) is 10.0 Å². The van der Waals surface area contributed by atoms with Crippen LogP contribution in [0.5, 0.6) is 0 Å². The molecule has 1 aromatic carbocycles. The second-order valence-electron chi connectivity index (χ2n) is 7.49. The Morgan fingerprint density at radius 3 is 2.70 bits per heavy atom. The van der Waals surface area contributed by atoms with Crippen LogP contribution >= 0.6 is 0 Å². The van der Waals surface area contributed by atoms with E-state index in [4.69, 9.17) is 0 Å². The number of aryl methyl sites for hydroxylation is 1. The molecule has 1 fully saturated rings. The van der Waals surface area contributed by atoms with Crippen molar-refractivity contribution in [1.29, 1.82) is 0 Å². The van der Waals surface area contributed by atoms with Crippen molar-refractivity contribution >= 4 is 21.6 Å². The van der Waals surface area contributed by atoms with Gasteiger partial charge < -0.3 is 5.32 Å². The topological polar surface area (TPSA) is 96.7 Å². The van der Waals surface area contributed by atoms with E-state index in [1.807, 2.05) is 28.8 Å². The van der Waals surface area contributed by atoms with Crippen LogP contribution in [0.1, 0.15) is 41.0 Å². The summed E-state index contributed by atoms with van der Waals surface area (Å²) in [5, 5.41) is 11.1. The zero-order valence-electron chi connectivity index (χ0n) is 16.9. The van der Waals surface area contributed by atoms with Gasteiger partial charge in [-0.15, -0.1) is 10.2 Å². The van der Waals surface area contributed by atoms with Gasteiger partial charge in [-0.05, 0) is 49.6 Å². The molecule has 1 aliphatic rings. The summed E-state index contributed by atoms with van der Waals surface area (Å²) >= 11 is 0. The van der Waals surface area contributed by atoms with Crippen molar-refractivity contribution in [3.63, 3.8) is 0 Å². The summed E-state index contributed by atoms with van der Waals surface area (Å²) in [7, 11) is -3.58. The van der Waals surface area contributed by atoms with Crippen molar-refractivity contribution in [3.05, 3.63) is 59.5 Å². The van der Waals surface area contributed by atoms with Gasteiger partial charge in [-0.25, -0.2) is 8.42 Å². The van der Waals surface area contributed by atoms with Crippen molar-refractivity contribution in [2.45, 2.75) is 37.5 Å². The fraction of sp³-hybridized carbons (Fsp3) is 0.381. The van der Waals surface area contributed by atoms with Gasteiger partial charge >= 0.3 is 0 Å². The van der Waals surface area contributed by atoms with E-state index in [2.05, 4.69) is 15.5 Å². The zero-order valence-corrected chi connectivity index (χ0v) is 17.7. The lowest BCUT2D eigenvalue weighted by Gasteiger charge is -2.26. The van der Waals surface area contributed by atoms with Crippen LogP contribution in [0.2, 0.25) is 0 Å². The fourth-order valence-electron chi connectivity index (χ4n) is 3.70. The molecule has 4 rings (SSSR count). The van der Waals surface area contributed by atoms with Gasteiger partial charge in [0.15, 0.2) is 5.65 Å². The number of sulfonamides is 1. The number of hydrogen-bond acceptors (Lipinski definition) is 5. The molecule has 1 N–H and O–H groups in total. The average Bonchev–Trinajstić information content (AvgIpc) is 3.17. The molecule has 2 aromatic heterocycles. The Bertz CT molecular complexity index is 1170. The molecule has 3 aromatic rings. The van der Waals surface area contributed by atoms with Crippen LogP contribution in [0.15, 0.2) is 47.5 Å². The summed E-state index contributed by atoms with van der Waals surface area (Å²) in [6, 6.07) is 10.4. The molecule has 0 unspecified atom stereocenters. The lowest BCUT2D eigenvalue weighted by molar-refractivity contribution is 0.0953. The van der Waals surface area contributed by atoms with Gasteiger partial charge in [0.1, 0.15) is 5.82 Å². The number of benzene rings is 1. The van der Waals surface area contributed by atoms with Gasteiger partial charge in [-0.1, -0.05) is 18.6 Å². The monoisotopic (exact) mass is 427 g/mol. The zero-order chi connectivity index (χ0) is 21.1. The van der Waals surface area contributed by atoms with E-state index in [1.165, 1.54) is 10.4 Å². The second-order valence-corrected chi connectivity index (χ2v) is 9.43. The predicted octanol–water partition coefficient (Wildman–Crippen LogP) is 2.18. The predicted molar refractivity (Wildman–Crippen MR) is 113 cm³/mol. The Kier molecular flexibility index (Phi) is 5.83. The van der Waals surface area contributed by atoms with Crippen LogP contribution in [0, 0.1) is 6.92 Å². The third-order valence-corrected chi connectivity index (χ3v) is 7.32. The Hall–Kier alpha value is -2.78. The van der Waals surface area contributed by atoms with E-state index in [9.17, 15) is 13.2 Å². The summed E-state index contributed by atoms with van der Waals surface area (Å²) in [5.41, 5.74) is 1.86. The summed E-state index contributed by atoms with van der Waals surface area (Å²) in [5.74, 6) is 0.459. The molecule has 0 bridgehead atoms. The number of carbonyl (C=O) groups is 1. The Balaban J connectivity index is 1.46. The van der Waals surface area contributed by atoms with E-state index < -0.39 is 10.0 Å². The third kappa shape index (κ3) is 4.08. The number of rotatable bonds is 6. The van der Waals surface area contributed by atoms with Gasteiger partial charge in [0.25, 0.3) is 5.91 Å². The summed E-state index contributed by atoms with van der Waals surface area (Å²) < 4.78 is 29.3. The van der Waals surface area contributed by atoms with Crippen LogP contribution in [-0.2, 0) is 16.4 Å². The molecule has 158 valence electrons. The standard InChI is InChI=1S/C21H25N5O3S/c1-16-8-9-17(30(28,29)25-12-4-2-5-13-25)15-18(16)21(27)22-11-10-20-24-23-19-7-3-6-14-26(19)20/h3,6-9,14-15H,2,4-5,10-13H2,1H3,(H,22,27). The number of carbonyl (C=O) groups excluding carboxylic acids is 1. The number of nitrogens with zero attached hydrogens (tertiary/aromatic N) is 4. The lowest BCUT2D eigenvalue weighted by Crippen LogP contribution is -2.35. The molecule has 0 atom stereocenters. The van der Waals surface area contributed by atoms with E-state index in [1.54, 1.807) is 19.1 Å². The first-order valence-corrected chi connectivity index (χ1v) is 11.6. The lowest BCUT2D eigenvalue weighted by atomic mass is 10.1. The van der Waals surface area contributed by atoms with E-state index in [-0.39, 0.29) is 10.8 Å². The number of fused-ring (bicyclic) bond motifs is 1. The highest BCUT2D eigenvalue weighted by atomic mass is 32.2. The van der Waals surface area contributed by atoms with Gasteiger partial charge in [0.05, 0.1) is 4.90 Å². The summed E-state index contributed by atoms with van der Waals surface area (Å²) in [4.78, 5) is 12.9. The molecule has 0 aliphatic carbocycles. The highest BCUT2D eigenvalue weighted by Crippen LogP contribution is 2.22. The molecular weight excluding hydrogens is 402 g/mol. The molecule has 3 heterocycles. The number of amides is 1. The molecule has 1 saturated heterocycles. The molecule has 30 heavy (non-hydrogen) atoms. The van der Waals surface area contributed by atoms with E-state index >= 15 is 0 Å². The van der Waals surface area contributed by atoms with Crippen LogP contribution in [0.4, 0.5) is 0 Å². The van der Waals surface area contributed by atoms with Crippen molar-refractivity contribution in [2.24, 2.45) is 0 Å². The Morgan fingerprint density at radius 1 is 1.10 bits per heavy atom. The van der Waals surface area contributed by atoms with Crippen molar-refractivity contribution < 1.29 is 13.2 Å². The largest absolute Gasteiger partial charge is 0.352 e. The minimum absolute atomic E-state index is 0.170. The smallest absolute Gasteiger partial charge is 0.251 e. The molecule has 9 heteroatoms. The summed E-state index contributed by atoms with van der Waals surface area (Å²) in [6.07, 6.45) is 5.19. The normalized spacial score (nSPS) is 15.4. The van der Waals surface area contributed by atoms with Crippen molar-refractivity contribution in [3.8, 4) is 0 Å². The number of aromatic nitrogens is 3. The first-order chi connectivity index (χ1) is 14.5. The number of pyridine rings is 1. The first kappa shape index (κ1) is 20.5. The number of hydrogen-bond donors (Lipinski definition) is 1. The molecule has 1 aliphatic heterocycles. The molecule has 0 radical (unpaired) electrons. The fourth-order valence-corrected chi connectivity index (χ4v) is 5.25. The van der Waals surface area contributed by atoms with E-state index in [0.29, 0.717) is 31.6 Å². The average molecular weight is 428 g/mol. The summed E-state index contributed by atoms with van der Waals surface area (Å²) in [6.45, 7) is 3.24. The van der Waals surface area contributed by atoms with Crippen LogP contribution in [0.25, 0.3) is 5.65 Å². The maximum atomic E-state index is 12.9. The Labute approximate surface area is 176 Å². The first-order valence-electron chi connectivity index (χ1n) is 10.1. The maximum Gasteiger partial charge on any atom is 0.251 e. The highest BCUT2D eigenvalue weighted by molar-refractivity contribution is 7.89. The molecule has 0 saturated carbocycles. The van der Waals surface area contributed by atoms with Crippen LogP contribution in [-0.4, -0.2) is 52.9 Å². The number of nitrogens with one attached hydrogen (secondary N) is 1. The minimum atomic E-state index is -3.58. The molecule has 8 nitrogen and oxygen atoms in total. The van der Waals surface area contributed by atoms with Crippen molar-refractivity contribution in [1.82, 2.24) is 24.2 Å². The molecular formula is C21H25N5O3S. The third-order valence-electron chi connectivity index (χ3n) is 5.42. The highest BCUT2D eigenvalue weighted by Gasteiger charge is 2.27. The quantitative estimate of drug-likeness (QED) is 0.650. The Morgan fingerprint density at radius 2 is 1.90 bits per heavy atom. The van der Waals surface area contributed by atoms with Crippen molar-refractivity contribution in [2.75, 3.05) is 19.6 Å². The molecule has 0 spiro atoms. The van der Waals surface area contributed by atoms with Gasteiger partial charge in [-0.2, -0.15) is 4.31 Å². The molecule has 1 amide bonds. The maximum absolute atomic E-state index is 12.9. The SMILES string of the molecule is Cc1ccc(S(=O)(=O)N2CCCCC2)cc1C(=O)NCCc1nnc2ccccn12. The van der Waals surface area contributed by atoms with Crippen LogP contribution < -0.4 is 5.32 Å². The van der Waals surface area contributed by atoms with Gasteiger partial charge in [0, 0.05) is 37.8 Å². The number of piperidine rings is 1. The second kappa shape index (κ2) is 8.53. The van der Waals surface area contributed by atoms with E-state index in [0.717, 1.165) is 36.3 Å². The van der Waals surface area contributed by atoms with Gasteiger partial charge in [-0.3, -0.25) is 9.20 Å².